The second kappa shape index (κ2) is 11.5. The van der Waals surface area contributed by atoms with Gasteiger partial charge in [0, 0.05) is 25.6 Å². The van der Waals surface area contributed by atoms with Crippen molar-refractivity contribution in [1.29, 1.82) is 0 Å². The van der Waals surface area contributed by atoms with Crippen molar-refractivity contribution in [3.63, 3.8) is 0 Å². The molecule has 0 aliphatic carbocycles. The molecule has 29 heavy (non-hydrogen) atoms. The Morgan fingerprint density at radius 2 is 1.93 bits per heavy atom. The predicted octanol–water partition coefficient (Wildman–Crippen LogP) is 3.40. The van der Waals surface area contributed by atoms with Crippen molar-refractivity contribution in [2.24, 2.45) is 5.92 Å². The Balaban J connectivity index is 1.73. The molecule has 0 bridgehead atoms. The number of likely N-dealkylation sites (tertiary alicyclic amines) is 1. The topological polar surface area (TPSA) is 77.1 Å². The molecule has 162 valence electrons. The van der Waals surface area contributed by atoms with E-state index in [2.05, 4.69) is 5.32 Å². The maximum absolute atomic E-state index is 12.3. The van der Waals surface area contributed by atoms with E-state index in [4.69, 9.17) is 14.2 Å². The SMILES string of the molecule is CCOc1ccc(CCC(=O)NC2CCN(C(=O)OCC(C)C)CC2)cc1OC. The number of nitrogens with zero attached hydrogens (tertiary/aromatic N) is 1. The Labute approximate surface area is 173 Å². The van der Waals surface area contributed by atoms with E-state index in [9.17, 15) is 9.59 Å². The third kappa shape index (κ3) is 7.48. The molecule has 7 heteroatoms. The van der Waals surface area contributed by atoms with Gasteiger partial charge in [-0.15, -0.1) is 0 Å². The molecule has 0 aromatic heterocycles. The van der Waals surface area contributed by atoms with E-state index >= 15 is 0 Å². The number of piperidine rings is 1. The van der Waals surface area contributed by atoms with E-state index in [-0.39, 0.29) is 18.0 Å². The lowest BCUT2D eigenvalue weighted by Gasteiger charge is -2.31. The number of carbonyl (C=O) groups is 2. The van der Waals surface area contributed by atoms with Crippen LogP contribution in [0, 0.1) is 5.92 Å². The van der Waals surface area contributed by atoms with Gasteiger partial charge >= 0.3 is 6.09 Å². The number of amides is 2. The first kappa shape index (κ1) is 22.8. The molecule has 2 amide bonds. The minimum absolute atomic E-state index is 0.0266. The molecule has 0 unspecified atom stereocenters. The Kier molecular flexibility index (Phi) is 9.09. The highest BCUT2D eigenvalue weighted by atomic mass is 16.6. The maximum Gasteiger partial charge on any atom is 0.409 e. The summed E-state index contributed by atoms with van der Waals surface area (Å²) >= 11 is 0. The Bertz CT molecular complexity index is 669. The highest BCUT2D eigenvalue weighted by Gasteiger charge is 2.24. The summed E-state index contributed by atoms with van der Waals surface area (Å²) in [6, 6.07) is 5.86. The van der Waals surface area contributed by atoms with Gasteiger partial charge in [0.15, 0.2) is 11.5 Å². The van der Waals surface area contributed by atoms with Gasteiger partial charge in [0.1, 0.15) is 0 Å². The number of hydrogen-bond donors (Lipinski definition) is 1. The number of benzene rings is 1. The second-order valence-electron chi connectivity index (χ2n) is 7.72. The number of aryl methyl sites for hydroxylation is 1. The summed E-state index contributed by atoms with van der Waals surface area (Å²) in [5.41, 5.74) is 1.03. The quantitative estimate of drug-likeness (QED) is 0.680. The van der Waals surface area contributed by atoms with Gasteiger partial charge in [-0.25, -0.2) is 4.79 Å². The molecule has 1 N–H and O–H groups in total. The van der Waals surface area contributed by atoms with Crippen LogP contribution in [0.4, 0.5) is 4.79 Å². The average molecular weight is 407 g/mol. The van der Waals surface area contributed by atoms with Crippen LogP contribution in [0.25, 0.3) is 0 Å². The summed E-state index contributed by atoms with van der Waals surface area (Å²) in [7, 11) is 1.61. The molecule has 1 heterocycles. The highest BCUT2D eigenvalue weighted by molar-refractivity contribution is 5.76. The fourth-order valence-electron chi connectivity index (χ4n) is 3.24. The number of hydrogen-bond acceptors (Lipinski definition) is 5. The summed E-state index contributed by atoms with van der Waals surface area (Å²) in [6.07, 6.45) is 2.29. The molecule has 1 aliphatic heterocycles. The molecular formula is C22H34N2O5. The van der Waals surface area contributed by atoms with E-state index in [0.29, 0.717) is 56.6 Å². The van der Waals surface area contributed by atoms with Gasteiger partial charge < -0.3 is 24.4 Å². The summed E-state index contributed by atoms with van der Waals surface area (Å²) in [6.45, 7) is 8.18. The molecule has 0 saturated carbocycles. The Morgan fingerprint density at radius 3 is 2.55 bits per heavy atom. The summed E-state index contributed by atoms with van der Waals surface area (Å²) < 4.78 is 16.1. The molecule has 1 saturated heterocycles. The van der Waals surface area contributed by atoms with Crippen LogP contribution in [0.3, 0.4) is 0 Å². The standard InChI is InChI=1S/C22H34N2O5/c1-5-28-19-8-6-17(14-20(19)27-4)7-9-21(25)23-18-10-12-24(13-11-18)22(26)29-15-16(2)3/h6,8,14,16,18H,5,7,9-13,15H2,1-4H3,(H,23,25). The van der Waals surface area contributed by atoms with Crippen molar-refractivity contribution < 1.29 is 23.8 Å². The molecule has 2 rings (SSSR count). The lowest BCUT2D eigenvalue weighted by atomic mass is 10.0. The molecule has 0 spiro atoms. The summed E-state index contributed by atoms with van der Waals surface area (Å²) in [5, 5.41) is 3.09. The van der Waals surface area contributed by atoms with Crippen LogP contribution < -0.4 is 14.8 Å². The van der Waals surface area contributed by atoms with Gasteiger partial charge in [-0.2, -0.15) is 0 Å². The molecule has 0 atom stereocenters. The third-order valence-electron chi connectivity index (χ3n) is 4.83. The van der Waals surface area contributed by atoms with Gasteiger partial charge in [-0.1, -0.05) is 19.9 Å². The first-order valence-corrected chi connectivity index (χ1v) is 10.4. The number of methoxy groups -OCH3 is 1. The van der Waals surface area contributed by atoms with Gasteiger partial charge in [-0.05, 0) is 49.8 Å². The number of ether oxygens (including phenoxy) is 3. The van der Waals surface area contributed by atoms with E-state index in [0.717, 1.165) is 18.4 Å². The van der Waals surface area contributed by atoms with Crippen molar-refractivity contribution in [2.75, 3.05) is 33.4 Å². The smallest absolute Gasteiger partial charge is 0.409 e. The minimum Gasteiger partial charge on any atom is -0.493 e. The minimum atomic E-state index is -0.257. The van der Waals surface area contributed by atoms with Crippen molar-refractivity contribution in [3.05, 3.63) is 23.8 Å². The van der Waals surface area contributed by atoms with Gasteiger partial charge in [0.2, 0.25) is 5.91 Å². The molecular weight excluding hydrogens is 372 g/mol. The molecule has 1 aromatic carbocycles. The lowest BCUT2D eigenvalue weighted by molar-refractivity contribution is -0.122. The van der Waals surface area contributed by atoms with Crippen LogP contribution in [-0.4, -0.2) is 56.4 Å². The lowest BCUT2D eigenvalue weighted by Crippen LogP contribution is -2.46. The predicted molar refractivity (Wildman–Crippen MR) is 111 cm³/mol. The Morgan fingerprint density at radius 1 is 1.21 bits per heavy atom. The average Bonchev–Trinajstić information content (AvgIpc) is 2.72. The maximum atomic E-state index is 12.3. The van der Waals surface area contributed by atoms with E-state index in [1.165, 1.54) is 0 Å². The van der Waals surface area contributed by atoms with E-state index in [1.54, 1.807) is 12.0 Å². The van der Waals surface area contributed by atoms with Crippen molar-refractivity contribution >= 4 is 12.0 Å². The number of nitrogens with one attached hydrogen (secondary N) is 1. The molecule has 1 aromatic rings. The fourth-order valence-corrected chi connectivity index (χ4v) is 3.24. The molecule has 1 aliphatic rings. The zero-order chi connectivity index (χ0) is 21.2. The number of carbonyl (C=O) groups excluding carboxylic acids is 2. The highest BCUT2D eigenvalue weighted by Crippen LogP contribution is 2.28. The summed E-state index contributed by atoms with van der Waals surface area (Å²) in [5.74, 6) is 1.74. The van der Waals surface area contributed by atoms with E-state index < -0.39 is 0 Å². The Hall–Kier alpha value is -2.44. The van der Waals surface area contributed by atoms with E-state index in [1.807, 2.05) is 39.0 Å². The zero-order valence-corrected chi connectivity index (χ0v) is 18.0. The van der Waals surface area contributed by atoms with Crippen molar-refractivity contribution in [1.82, 2.24) is 10.2 Å². The first-order chi connectivity index (χ1) is 13.9. The van der Waals surface area contributed by atoms with Gasteiger partial charge in [0.25, 0.3) is 0 Å². The molecule has 0 radical (unpaired) electrons. The second-order valence-corrected chi connectivity index (χ2v) is 7.72. The van der Waals surface area contributed by atoms with Gasteiger partial charge in [0.05, 0.1) is 20.3 Å². The van der Waals surface area contributed by atoms with Crippen LogP contribution in [0.1, 0.15) is 45.6 Å². The normalized spacial score (nSPS) is 14.6. The first-order valence-electron chi connectivity index (χ1n) is 10.4. The largest absolute Gasteiger partial charge is 0.493 e. The van der Waals surface area contributed by atoms with Crippen LogP contribution in [0.2, 0.25) is 0 Å². The van der Waals surface area contributed by atoms with Gasteiger partial charge in [-0.3, -0.25) is 4.79 Å². The van der Waals surface area contributed by atoms with Crippen LogP contribution >= 0.6 is 0 Å². The zero-order valence-electron chi connectivity index (χ0n) is 18.0. The summed E-state index contributed by atoms with van der Waals surface area (Å²) in [4.78, 5) is 26.1. The van der Waals surface area contributed by atoms with Crippen LogP contribution in [0.15, 0.2) is 18.2 Å². The van der Waals surface area contributed by atoms with Crippen molar-refractivity contribution in [2.45, 2.75) is 52.5 Å². The monoisotopic (exact) mass is 406 g/mol. The fraction of sp³-hybridized carbons (Fsp3) is 0.636. The van der Waals surface area contributed by atoms with Crippen molar-refractivity contribution in [3.8, 4) is 11.5 Å². The van der Waals surface area contributed by atoms with Crippen LogP contribution in [-0.2, 0) is 16.0 Å². The number of rotatable bonds is 9. The van der Waals surface area contributed by atoms with Crippen LogP contribution in [0.5, 0.6) is 11.5 Å². The molecule has 7 nitrogen and oxygen atoms in total. The third-order valence-corrected chi connectivity index (χ3v) is 4.83. The molecule has 1 fully saturated rings.